The minimum Gasteiger partial charge on any atom is -0.311 e. The molecule has 0 atom stereocenters. The third kappa shape index (κ3) is 2.96. The lowest BCUT2D eigenvalue weighted by Crippen LogP contribution is -2.15. The highest BCUT2D eigenvalue weighted by atomic mass is 14.9. The van der Waals surface area contributed by atoms with Crippen molar-refractivity contribution < 1.29 is 0 Å². The normalized spacial score (nSPS) is 16.4. The topological polar surface area (TPSA) is 24.9 Å². The Hall–Kier alpha value is -1.15. The molecule has 1 aliphatic rings. The van der Waals surface area contributed by atoms with Crippen molar-refractivity contribution in [1.82, 2.24) is 10.3 Å². The second-order valence-electron chi connectivity index (χ2n) is 3.82. The summed E-state index contributed by atoms with van der Waals surface area (Å²) < 4.78 is 0. The molecule has 1 aliphatic carbocycles. The molecule has 2 heteroatoms. The average Bonchev–Trinajstić information content (AvgIpc) is 2.99. The van der Waals surface area contributed by atoms with Gasteiger partial charge in [-0.1, -0.05) is 18.2 Å². The largest absolute Gasteiger partial charge is 0.311 e. The van der Waals surface area contributed by atoms with Crippen molar-refractivity contribution in [3.63, 3.8) is 0 Å². The molecule has 1 fully saturated rings. The first-order valence-electron chi connectivity index (χ1n) is 5.17. The predicted octanol–water partition coefficient (Wildman–Crippen LogP) is 2.16. The number of rotatable bonds is 4. The van der Waals surface area contributed by atoms with E-state index >= 15 is 0 Å². The maximum atomic E-state index is 4.23. The third-order valence-electron chi connectivity index (χ3n) is 2.35. The zero-order valence-corrected chi connectivity index (χ0v) is 8.53. The molecule has 0 unspecified atom stereocenters. The van der Waals surface area contributed by atoms with Crippen LogP contribution in [-0.4, -0.2) is 17.6 Å². The van der Waals surface area contributed by atoms with Crippen molar-refractivity contribution in [3.05, 3.63) is 35.7 Å². The molecular formula is C12H16N2. The van der Waals surface area contributed by atoms with E-state index in [1.54, 1.807) is 0 Å². The standard InChI is InChI=1S/C12H16N2/c1-10-4-5-11(9-14-10)3-2-8-13-12-6-7-12/h2-5,9,12-13H,6-8H2,1H3/b3-2+. The zero-order valence-electron chi connectivity index (χ0n) is 8.53. The highest BCUT2D eigenvalue weighted by Crippen LogP contribution is 2.18. The van der Waals surface area contributed by atoms with E-state index in [1.165, 1.54) is 18.4 Å². The van der Waals surface area contributed by atoms with Crippen LogP contribution < -0.4 is 5.32 Å². The number of nitrogens with zero attached hydrogens (tertiary/aromatic N) is 1. The van der Waals surface area contributed by atoms with Crippen LogP contribution in [0.25, 0.3) is 6.08 Å². The van der Waals surface area contributed by atoms with Gasteiger partial charge in [-0.25, -0.2) is 0 Å². The Kier molecular flexibility index (Phi) is 2.94. The van der Waals surface area contributed by atoms with Crippen LogP contribution in [0.1, 0.15) is 24.1 Å². The molecule has 0 bridgehead atoms. The quantitative estimate of drug-likeness (QED) is 0.783. The van der Waals surface area contributed by atoms with Gasteiger partial charge >= 0.3 is 0 Å². The van der Waals surface area contributed by atoms with Gasteiger partial charge in [-0.2, -0.15) is 0 Å². The molecular weight excluding hydrogens is 172 g/mol. The minimum atomic E-state index is 0.788. The summed E-state index contributed by atoms with van der Waals surface area (Å²) in [6.45, 7) is 2.97. The van der Waals surface area contributed by atoms with Gasteiger partial charge in [0.05, 0.1) is 0 Å². The van der Waals surface area contributed by atoms with Crippen LogP contribution in [0.15, 0.2) is 24.4 Å². The summed E-state index contributed by atoms with van der Waals surface area (Å²) in [4.78, 5) is 4.23. The lowest BCUT2D eigenvalue weighted by Gasteiger charge is -1.96. The molecule has 1 aromatic rings. The molecule has 0 amide bonds. The Bertz CT molecular complexity index is 310. The number of pyridine rings is 1. The van der Waals surface area contributed by atoms with Crippen LogP contribution in [0.3, 0.4) is 0 Å². The molecule has 2 rings (SSSR count). The fourth-order valence-corrected chi connectivity index (χ4v) is 1.30. The van der Waals surface area contributed by atoms with Crippen LogP contribution in [0.5, 0.6) is 0 Å². The summed E-state index contributed by atoms with van der Waals surface area (Å²) in [5, 5.41) is 3.43. The molecule has 74 valence electrons. The second-order valence-corrected chi connectivity index (χ2v) is 3.82. The molecule has 0 saturated heterocycles. The fraction of sp³-hybridized carbons (Fsp3) is 0.417. The van der Waals surface area contributed by atoms with E-state index in [0.29, 0.717) is 0 Å². The number of hydrogen-bond donors (Lipinski definition) is 1. The summed E-state index contributed by atoms with van der Waals surface area (Å²) in [7, 11) is 0. The van der Waals surface area contributed by atoms with Crippen molar-refractivity contribution in [2.45, 2.75) is 25.8 Å². The van der Waals surface area contributed by atoms with Gasteiger partial charge in [-0.05, 0) is 31.4 Å². The lowest BCUT2D eigenvalue weighted by atomic mass is 10.2. The molecule has 1 heterocycles. The maximum Gasteiger partial charge on any atom is 0.0373 e. The molecule has 14 heavy (non-hydrogen) atoms. The molecule has 0 aliphatic heterocycles. The molecule has 2 nitrogen and oxygen atoms in total. The molecule has 0 radical (unpaired) electrons. The van der Waals surface area contributed by atoms with Crippen LogP contribution in [0.2, 0.25) is 0 Å². The van der Waals surface area contributed by atoms with Crippen LogP contribution in [0.4, 0.5) is 0 Å². The molecule has 0 aromatic carbocycles. The van der Waals surface area contributed by atoms with Gasteiger partial charge in [0, 0.05) is 24.5 Å². The summed E-state index contributed by atoms with van der Waals surface area (Å²) in [5.41, 5.74) is 2.24. The van der Waals surface area contributed by atoms with Crippen LogP contribution in [0, 0.1) is 6.92 Å². The highest BCUT2D eigenvalue weighted by molar-refractivity contribution is 5.47. The van der Waals surface area contributed by atoms with Crippen molar-refractivity contribution in [3.8, 4) is 0 Å². The Morgan fingerprint density at radius 2 is 2.36 bits per heavy atom. The van der Waals surface area contributed by atoms with Gasteiger partial charge in [0.15, 0.2) is 0 Å². The SMILES string of the molecule is Cc1ccc(/C=C/CNC2CC2)cn1. The van der Waals surface area contributed by atoms with E-state index in [4.69, 9.17) is 0 Å². The predicted molar refractivity (Wildman–Crippen MR) is 59.0 cm³/mol. The fourth-order valence-electron chi connectivity index (χ4n) is 1.30. The number of nitrogens with one attached hydrogen (secondary N) is 1. The van der Waals surface area contributed by atoms with E-state index in [2.05, 4.69) is 28.5 Å². The van der Waals surface area contributed by atoms with Gasteiger partial charge in [-0.3, -0.25) is 4.98 Å². The van der Waals surface area contributed by atoms with Gasteiger partial charge in [-0.15, -0.1) is 0 Å². The first-order chi connectivity index (χ1) is 6.84. The van der Waals surface area contributed by atoms with Crippen LogP contribution >= 0.6 is 0 Å². The maximum absolute atomic E-state index is 4.23. The van der Waals surface area contributed by atoms with Gasteiger partial charge in [0.25, 0.3) is 0 Å². The summed E-state index contributed by atoms with van der Waals surface area (Å²) in [6.07, 6.45) is 8.87. The average molecular weight is 188 g/mol. The van der Waals surface area contributed by atoms with Gasteiger partial charge in [0.1, 0.15) is 0 Å². The number of aryl methyl sites for hydroxylation is 1. The summed E-state index contributed by atoms with van der Waals surface area (Å²) in [6, 6.07) is 4.92. The lowest BCUT2D eigenvalue weighted by molar-refractivity contribution is 0.754. The monoisotopic (exact) mass is 188 g/mol. The van der Waals surface area contributed by atoms with Crippen molar-refractivity contribution in [2.75, 3.05) is 6.54 Å². The van der Waals surface area contributed by atoms with Crippen molar-refractivity contribution >= 4 is 6.08 Å². The van der Waals surface area contributed by atoms with E-state index in [9.17, 15) is 0 Å². The first kappa shape index (κ1) is 9.41. The van der Waals surface area contributed by atoms with E-state index in [1.807, 2.05) is 19.2 Å². The summed E-state index contributed by atoms with van der Waals surface area (Å²) >= 11 is 0. The molecule has 0 spiro atoms. The Balaban J connectivity index is 1.80. The number of hydrogen-bond acceptors (Lipinski definition) is 2. The number of aromatic nitrogens is 1. The van der Waals surface area contributed by atoms with Gasteiger partial charge in [0.2, 0.25) is 0 Å². The minimum absolute atomic E-state index is 0.788. The van der Waals surface area contributed by atoms with Crippen LogP contribution in [-0.2, 0) is 0 Å². The Morgan fingerprint density at radius 3 is 3.00 bits per heavy atom. The zero-order chi connectivity index (χ0) is 9.80. The third-order valence-corrected chi connectivity index (χ3v) is 2.35. The van der Waals surface area contributed by atoms with Crippen molar-refractivity contribution in [1.29, 1.82) is 0 Å². The molecule has 1 saturated carbocycles. The second kappa shape index (κ2) is 4.38. The van der Waals surface area contributed by atoms with Crippen molar-refractivity contribution in [2.24, 2.45) is 0 Å². The Labute approximate surface area is 85.1 Å². The van der Waals surface area contributed by atoms with Gasteiger partial charge < -0.3 is 5.32 Å². The summed E-state index contributed by atoms with van der Waals surface area (Å²) in [5.74, 6) is 0. The first-order valence-corrected chi connectivity index (χ1v) is 5.17. The smallest absolute Gasteiger partial charge is 0.0373 e. The van der Waals surface area contributed by atoms with E-state index in [0.717, 1.165) is 18.3 Å². The molecule has 1 N–H and O–H groups in total. The van der Waals surface area contributed by atoms with E-state index in [-0.39, 0.29) is 0 Å². The van der Waals surface area contributed by atoms with E-state index < -0.39 is 0 Å². The highest BCUT2D eigenvalue weighted by Gasteiger charge is 2.18. The molecule has 1 aromatic heterocycles. The Morgan fingerprint density at radius 1 is 1.50 bits per heavy atom.